The van der Waals surface area contributed by atoms with Crippen molar-refractivity contribution in [3.05, 3.63) is 75.8 Å². The summed E-state index contributed by atoms with van der Waals surface area (Å²) in [5.74, 6) is -0.0675. The number of carbonyl (C=O) groups is 1. The van der Waals surface area contributed by atoms with Gasteiger partial charge in [-0.05, 0) is 23.6 Å². The van der Waals surface area contributed by atoms with E-state index < -0.39 is 4.92 Å². The zero-order chi connectivity index (χ0) is 17.8. The Labute approximate surface area is 153 Å². The van der Waals surface area contributed by atoms with Crippen LogP contribution in [0, 0.1) is 10.1 Å². The summed E-state index contributed by atoms with van der Waals surface area (Å²) in [6.45, 7) is 0. The van der Waals surface area contributed by atoms with Crippen molar-refractivity contribution < 1.29 is 9.72 Å². The Kier molecular flexibility index (Phi) is 5.21. The molecule has 0 bridgehead atoms. The molecule has 3 aromatic carbocycles. The monoisotopic (exact) mass is 372 g/mol. The first-order chi connectivity index (χ1) is 12.0. The molecule has 0 unspecified atom stereocenters. The van der Waals surface area contributed by atoms with E-state index in [9.17, 15) is 14.9 Å². The molecule has 0 spiro atoms. The number of nitrogens with one attached hydrogen (secondary N) is 1. The summed E-state index contributed by atoms with van der Waals surface area (Å²) in [5, 5.41) is 16.0. The lowest BCUT2D eigenvalue weighted by atomic mass is 10.1. The lowest BCUT2D eigenvalue weighted by Crippen LogP contribution is -2.14. The van der Waals surface area contributed by atoms with Crippen LogP contribution in [0.25, 0.3) is 10.8 Å². The van der Waals surface area contributed by atoms with Crippen molar-refractivity contribution in [2.24, 2.45) is 0 Å². The lowest BCUT2D eigenvalue weighted by molar-refractivity contribution is -0.384. The number of nitro benzene ring substituents is 1. The van der Waals surface area contributed by atoms with Crippen molar-refractivity contribution >= 4 is 51.4 Å². The Morgan fingerprint density at radius 2 is 1.84 bits per heavy atom. The number of rotatable bonds is 5. The van der Waals surface area contributed by atoms with Gasteiger partial charge < -0.3 is 5.32 Å². The maximum absolute atomic E-state index is 12.2. The zero-order valence-corrected chi connectivity index (χ0v) is 14.5. The molecule has 3 aromatic rings. The summed E-state index contributed by atoms with van der Waals surface area (Å²) in [6.07, 6.45) is 0. The minimum absolute atomic E-state index is 0.0636. The summed E-state index contributed by atoms with van der Waals surface area (Å²) < 4.78 is 0. The predicted molar refractivity (Wildman–Crippen MR) is 101 cm³/mol. The Hall–Kier alpha value is -2.57. The lowest BCUT2D eigenvalue weighted by Gasteiger charge is -2.08. The van der Waals surface area contributed by atoms with E-state index in [1.54, 1.807) is 6.07 Å². The van der Waals surface area contributed by atoms with Crippen LogP contribution in [0.5, 0.6) is 0 Å². The van der Waals surface area contributed by atoms with Gasteiger partial charge in [-0.2, -0.15) is 0 Å². The van der Waals surface area contributed by atoms with Gasteiger partial charge in [0.2, 0.25) is 5.91 Å². The minimum Gasteiger partial charge on any atom is -0.325 e. The molecule has 0 heterocycles. The third-order valence-corrected chi connectivity index (χ3v) is 4.89. The highest BCUT2D eigenvalue weighted by Crippen LogP contribution is 2.33. The highest BCUT2D eigenvalue weighted by molar-refractivity contribution is 8.00. The number of amides is 1. The second-order valence-electron chi connectivity index (χ2n) is 5.24. The van der Waals surface area contributed by atoms with Crippen molar-refractivity contribution in [2.45, 2.75) is 4.90 Å². The number of anilines is 1. The fourth-order valence-electron chi connectivity index (χ4n) is 2.42. The topological polar surface area (TPSA) is 72.2 Å². The fourth-order valence-corrected chi connectivity index (χ4v) is 3.67. The van der Waals surface area contributed by atoms with Crippen LogP contribution in [-0.2, 0) is 4.79 Å². The van der Waals surface area contributed by atoms with Gasteiger partial charge in [-0.3, -0.25) is 14.9 Å². The molecule has 7 heteroatoms. The van der Waals surface area contributed by atoms with Crippen LogP contribution in [0.3, 0.4) is 0 Å². The molecular formula is C18H13ClN2O3S. The van der Waals surface area contributed by atoms with Crippen LogP contribution < -0.4 is 5.32 Å². The van der Waals surface area contributed by atoms with Gasteiger partial charge in [0.15, 0.2) is 0 Å². The maximum atomic E-state index is 12.2. The number of nitrogens with zero attached hydrogens (tertiary/aromatic N) is 1. The third kappa shape index (κ3) is 4.10. The number of hydrogen-bond donors (Lipinski definition) is 1. The van der Waals surface area contributed by atoms with Gasteiger partial charge in [-0.1, -0.05) is 41.9 Å². The first-order valence-electron chi connectivity index (χ1n) is 7.39. The third-order valence-electron chi connectivity index (χ3n) is 3.52. The van der Waals surface area contributed by atoms with E-state index in [0.29, 0.717) is 10.7 Å². The van der Waals surface area contributed by atoms with E-state index in [-0.39, 0.29) is 17.3 Å². The van der Waals surface area contributed by atoms with Crippen LogP contribution in [-0.4, -0.2) is 16.6 Å². The van der Waals surface area contributed by atoms with E-state index in [0.717, 1.165) is 15.7 Å². The number of carbonyl (C=O) groups excluding carboxylic acids is 1. The van der Waals surface area contributed by atoms with E-state index >= 15 is 0 Å². The first kappa shape index (κ1) is 17.3. The number of benzene rings is 3. The molecule has 0 aliphatic heterocycles. The minimum atomic E-state index is -0.498. The second-order valence-corrected chi connectivity index (χ2v) is 6.66. The van der Waals surface area contributed by atoms with Crippen LogP contribution in [0.4, 0.5) is 11.4 Å². The van der Waals surface area contributed by atoms with Crippen molar-refractivity contribution in [3.8, 4) is 0 Å². The highest BCUT2D eigenvalue weighted by Gasteiger charge is 2.10. The average Bonchev–Trinajstić information content (AvgIpc) is 2.60. The standard InChI is InChI=1S/C18H13ClN2O3S/c19-15-8-1-4-12-5-2-9-16(18(12)15)25-11-17(22)20-13-6-3-7-14(10-13)21(23)24/h1-10H,11H2,(H,20,22). The van der Waals surface area contributed by atoms with Gasteiger partial charge >= 0.3 is 0 Å². The Bertz CT molecular complexity index is 957. The fraction of sp³-hybridized carbons (Fsp3) is 0.0556. The molecule has 0 fully saturated rings. The molecule has 25 heavy (non-hydrogen) atoms. The molecule has 3 rings (SSSR count). The number of nitro groups is 1. The van der Waals surface area contributed by atoms with Gasteiger partial charge in [0, 0.05) is 33.1 Å². The normalized spacial score (nSPS) is 10.6. The van der Waals surface area contributed by atoms with Gasteiger partial charge in [-0.25, -0.2) is 0 Å². The van der Waals surface area contributed by atoms with Gasteiger partial charge in [0.25, 0.3) is 5.69 Å². The Balaban J connectivity index is 1.71. The van der Waals surface area contributed by atoms with Crippen LogP contribution in [0.2, 0.25) is 5.02 Å². The molecule has 0 saturated carbocycles. The van der Waals surface area contributed by atoms with Crippen molar-refractivity contribution in [2.75, 3.05) is 11.1 Å². The summed E-state index contributed by atoms with van der Waals surface area (Å²) >= 11 is 7.65. The van der Waals surface area contributed by atoms with Crippen LogP contribution in [0.1, 0.15) is 0 Å². The molecule has 0 aromatic heterocycles. The number of thioether (sulfide) groups is 1. The van der Waals surface area contributed by atoms with Crippen LogP contribution >= 0.6 is 23.4 Å². The Morgan fingerprint density at radius 3 is 2.60 bits per heavy atom. The first-order valence-corrected chi connectivity index (χ1v) is 8.75. The van der Waals surface area contributed by atoms with Gasteiger partial charge in [0.1, 0.15) is 0 Å². The molecule has 1 N–H and O–H groups in total. The van der Waals surface area contributed by atoms with Crippen molar-refractivity contribution in [1.82, 2.24) is 0 Å². The van der Waals surface area contributed by atoms with Gasteiger partial charge in [0.05, 0.1) is 10.7 Å². The predicted octanol–water partition coefficient (Wildman–Crippen LogP) is 5.13. The van der Waals surface area contributed by atoms with Crippen molar-refractivity contribution in [1.29, 1.82) is 0 Å². The Morgan fingerprint density at radius 1 is 1.12 bits per heavy atom. The number of non-ortho nitro benzene ring substituents is 1. The molecular weight excluding hydrogens is 360 g/mol. The van der Waals surface area contributed by atoms with E-state index in [1.165, 1.54) is 30.0 Å². The number of fused-ring (bicyclic) bond motifs is 1. The molecule has 0 radical (unpaired) electrons. The van der Waals surface area contributed by atoms with E-state index in [2.05, 4.69) is 5.32 Å². The summed E-state index contributed by atoms with van der Waals surface area (Å²) in [4.78, 5) is 23.4. The van der Waals surface area contributed by atoms with E-state index in [4.69, 9.17) is 11.6 Å². The van der Waals surface area contributed by atoms with Gasteiger partial charge in [-0.15, -0.1) is 11.8 Å². The SMILES string of the molecule is O=C(CSc1cccc2cccc(Cl)c12)Nc1cccc([N+](=O)[O-])c1. The average molecular weight is 373 g/mol. The molecule has 0 saturated heterocycles. The number of hydrogen-bond acceptors (Lipinski definition) is 4. The quantitative estimate of drug-likeness (QED) is 0.382. The van der Waals surface area contributed by atoms with E-state index in [1.807, 2.05) is 36.4 Å². The number of halogens is 1. The smallest absolute Gasteiger partial charge is 0.271 e. The molecule has 126 valence electrons. The molecule has 1 amide bonds. The molecule has 0 aliphatic carbocycles. The summed E-state index contributed by atoms with van der Waals surface area (Å²) in [7, 11) is 0. The second kappa shape index (κ2) is 7.55. The van der Waals surface area contributed by atoms with Crippen molar-refractivity contribution in [3.63, 3.8) is 0 Å². The summed E-state index contributed by atoms with van der Waals surface area (Å²) in [6, 6.07) is 17.3. The van der Waals surface area contributed by atoms with Crippen LogP contribution in [0.15, 0.2) is 65.6 Å². The summed E-state index contributed by atoms with van der Waals surface area (Å²) in [5.41, 5.74) is 0.335. The largest absolute Gasteiger partial charge is 0.325 e. The maximum Gasteiger partial charge on any atom is 0.271 e. The zero-order valence-electron chi connectivity index (χ0n) is 12.9. The molecule has 0 aliphatic rings. The highest BCUT2D eigenvalue weighted by atomic mass is 35.5. The molecule has 5 nitrogen and oxygen atoms in total. The molecule has 0 atom stereocenters.